The molecule has 0 aliphatic rings. The fraction of sp³-hybridized carbons (Fsp3) is 0.176. The monoisotopic (exact) mass is 422 g/mol. The van der Waals surface area contributed by atoms with E-state index in [0.29, 0.717) is 16.8 Å². The molecular formula is C17H16BrN2O4P. The second-order valence-electron chi connectivity index (χ2n) is 5.09. The summed E-state index contributed by atoms with van der Waals surface area (Å²) in [7, 11) is -0.492. The van der Waals surface area contributed by atoms with Crippen LogP contribution in [0.15, 0.2) is 46.9 Å². The van der Waals surface area contributed by atoms with Crippen molar-refractivity contribution in [3.05, 3.63) is 63.6 Å². The standard InChI is InChI=1S/C17H16BrN2O4P/c1-23-25(22,24-2)11-12-3-5-13(6-4-12)17(21)20-16-8-7-15(18)9-14(16)10-19/h3-9H,11H2,1-2H3,(H,20,21). The zero-order valence-electron chi connectivity index (χ0n) is 13.7. The summed E-state index contributed by atoms with van der Waals surface area (Å²) in [6.07, 6.45) is 0.118. The topological polar surface area (TPSA) is 88.4 Å². The van der Waals surface area contributed by atoms with Gasteiger partial charge in [-0.05, 0) is 35.9 Å². The average molecular weight is 423 g/mol. The molecule has 25 heavy (non-hydrogen) atoms. The average Bonchev–Trinajstić information content (AvgIpc) is 2.63. The van der Waals surface area contributed by atoms with E-state index >= 15 is 0 Å². The van der Waals surface area contributed by atoms with Crippen LogP contribution < -0.4 is 5.32 Å². The van der Waals surface area contributed by atoms with Gasteiger partial charge in [-0.3, -0.25) is 9.36 Å². The summed E-state index contributed by atoms with van der Waals surface area (Å²) in [6, 6.07) is 13.7. The Morgan fingerprint density at radius 2 is 1.84 bits per heavy atom. The van der Waals surface area contributed by atoms with Crippen molar-refractivity contribution >= 4 is 35.1 Å². The van der Waals surface area contributed by atoms with Gasteiger partial charge in [-0.25, -0.2) is 0 Å². The summed E-state index contributed by atoms with van der Waals surface area (Å²) >= 11 is 3.28. The van der Waals surface area contributed by atoms with E-state index in [-0.39, 0.29) is 12.1 Å². The van der Waals surface area contributed by atoms with Gasteiger partial charge in [-0.1, -0.05) is 28.1 Å². The van der Waals surface area contributed by atoms with Crippen molar-refractivity contribution in [3.63, 3.8) is 0 Å². The number of hydrogen-bond donors (Lipinski definition) is 1. The Morgan fingerprint density at radius 3 is 2.40 bits per heavy atom. The summed E-state index contributed by atoms with van der Waals surface area (Å²) < 4.78 is 22.7. The van der Waals surface area contributed by atoms with Gasteiger partial charge in [-0.2, -0.15) is 5.26 Å². The van der Waals surface area contributed by atoms with E-state index in [0.717, 1.165) is 10.0 Å². The summed E-state index contributed by atoms with van der Waals surface area (Å²) in [5.41, 5.74) is 1.94. The normalized spacial score (nSPS) is 11.0. The molecule has 0 spiro atoms. The summed E-state index contributed by atoms with van der Waals surface area (Å²) in [5.74, 6) is -0.341. The Balaban J connectivity index is 2.14. The molecule has 2 aromatic rings. The maximum atomic E-state index is 12.3. The molecule has 8 heteroatoms. The van der Waals surface area contributed by atoms with Gasteiger partial charge >= 0.3 is 7.60 Å². The van der Waals surface area contributed by atoms with Gasteiger partial charge < -0.3 is 14.4 Å². The molecule has 0 heterocycles. The van der Waals surface area contributed by atoms with Gasteiger partial charge in [0.2, 0.25) is 0 Å². The van der Waals surface area contributed by atoms with Gasteiger partial charge in [0.05, 0.1) is 17.4 Å². The van der Waals surface area contributed by atoms with Crippen LogP contribution in [0.25, 0.3) is 0 Å². The van der Waals surface area contributed by atoms with Crippen molar-refractivity contribution < 1.29 is 18.4 Å². The smallest absolute Gasteiger partial charge is 0.321 e. The van der Waals surface area contributed by atoms with Gasteiger partial charge in [0, 0.05) is 24.3 Å². The highest BCUT2D eigenvalue weighted by atomic mass is 79.9. The fourth-order valence-corrected chi connectivity index (χ4v) is 3.53. The third kappa shape index (κ3) is 5.00. The lowest BCUT2D eigenvalue weighted by Crippen LogP contribution is -2.12. The SMILES string of the molecule is COP(=O)(Cc1ccc(C(=O)Nc2ccc(Br)cc2C#N)cc1)OC. The Labute approximate surface area is 154 Å². The van der Waals surface area contributed by atoms with Crippen LogP contribution in [0.5, 0.6) is 0 Å². The highest BCUT2D eigenvalue weighted by molar-refractivity contribution is 9.10. The molecule has 0 radical (unpaired) electrons. The molecule has 0 aliphatic carbocycles. The van der Waals surface area contributed by atoms with Crippen molar-refractivity contribution in [2.75, 3.05) is 19.5 Å². The highest BCUT2D eigenvalue weighted by Crippen LogP contribution is 2.49. The van der Waals surface area contributed by atoms with Crippen LogP contribution in [0.3, 0.4) is 0 Å². The van der Waals surface area contributed by atoms with E-state index < -0.39 is 7.60 Å². The van der Waals surface area contributed by atoms with E-state index in [4.69, 9.17) is 14.3 Å². The Morgan fingerprint density at radius 1 is 1.20 bits per heavy atom. The van der Waals surface area contributed by atoms with Crippen LogP contribution in [0.2, 0.25) is 0 Å². The number of benzene rings is 2. The largest absolute Gasteiger partial charge is 0.334 e. The molecule has 6 nitrogen and oxygen atoms in total. The van der Waals surface area contributed by atoms with Crippen molar-refractivity contribution in [2.24, 2.45) is 0 Å². The summed E-state index contributed by atoms with van der Waals surface area (Å²) in [5, 5.41) is 11.9. The van der Waals surface area contributed by atoms with E-state index in [1.54, 1.807) is 42.5 Å². The van der Waals surface area contributed by atoms with E-state index in [1.807, 2.05) is 6.07 Å². The second kappa shape index (κ2) is 8.41. The zero-order chi connectivity index (χ0) is 18.4. The lowest BCUT2D eigenvalue weighted by atomic mass is 10.1. The number of hydrogen-bond acceptors (Lipinski definition) is 5. The number of nitriles is 1. The number of halogens is 1. The lowest BCUT2D eigenvalue weighted by Gasteiger charge is -2.13. The molecule has 0 saturated carbocycles. The van der Waals surface area contributed by atoms with Crippen LogP contribution in [0.1, 0.15) is 21.5 Å². The van der Waals surface area contributed by atoms with Gasteiger partial charge in [0.15, 0.2) is 0 Å². The quantitative estimate of drug-likeness (QED) is 0.689. The number of anilines is 1. The van der Waals surface area contributed by atoms with Crippen LogP contribution in [0, 0.1) is 11.3 Å². The Bertz CT molecular complexity index is 854. The van der Waals surface area contributed by atoms with Gasteiger partial charge in [0.1, 0.15) is 6.07 Å². The van der Waals surface area contributed by atoms with Crippen molar-refractivity contribution in [2.45, 2.75) is 6.16 Å². The Hall–Kier alpha value is -1.97. The first-order valence-corrected chi connectivity index (χ1v) is 9.73. The molecular weight excluding hydrogens is 407 g/mol. The molecule has 0 atom stereocenters. The molecule has 0 aromatic heterocycles. The molecule has 2 rings (SSSR count). The second-order valence-corrected chi connectivity index (χ2v) is 8.27. The lowest BCUT2D eigenvalue weighted by molar-refractivity contribution is 0.102. The van der Waals surface area contributed by atoms with Gasteiger partial charge in [0.25, 0.3) is 5.91 Å². The number of nitrogens with one attached hydrogen (secondary N) is 1. The predicted octanol–water partition coefficient (Wildman–Crippen LogP) is 4.56. The van der Waals surface area contributed by atoms with Crippen LogP contribution in [-0.2, 0) is 19.8 Å². The van der Waals surface area contributed by atoms with Crippen LogP contribution >= 0.6 is 23.5 Å². The van der Waals surface area contributed by atoms with Crippen LogP contribution in [0.4, 0.5) is 5.69 Å². The first kappa shape index (κ1) is 19.4. The molecule has 2 aromatic carbocycles. The number of rotatable bonds is 6. The maximum Gasteiger partial charge on any atom is 0.334 e. The first-order chi connectivity index (χ1) is 11.9. The van der Waals surface area contributed by atoms with E-state index in [1.165, 1.54) is 14.2 Å². The minimum atomic E-state index is -3.15. The highest BCUT2D eigenvalue weighted by Gasteiger charge is 2.21. The minimum absolute atomic E-state index is 0.118. The molecule has 0 unspecified atom stereocenters. The van der Waals surface area contributed by atoms with Crippen molar-refractivity contribution in [3.8, 4) is 6.07 Å². The molecule has 1 N–H and O–H groups in total. The zero-order valence-corrected chi connectivity index (χ0v) is 16.1. The molecule has 0 fully saturated rings. The fourth-order valence-electron chi connectivity index (χ4n) is 2.10. The van der Waals surface area contributed by atoms with E-state index in [9.17, 15) is 9.36 Å². The number of carbonyl (C=O) groups excluding carboxylic acids is 1. The van der Waals surface area contributed by atoms with Crippen molar-refractivity contribution in [1.29, 1.82) is 5.26 Å². The third-order valence-electron chi connectivity index (χ3n) is 3.50. The first-order valence-electron chi connectivity index (χ1n) is 7.21. The van der Waals surface area contributed by atoms with E-state index in [2.05, 4.69) is 21.2 Å². The minimum Gasteiger partial charge on any atom is -0.321 e. The third-order valence-corrected chi connectivity index (χ3v) is 5.86. The maximum absolute atomic E-state index is 12.3. The van der Waals surface area contributed by atoms with Gasteiger partial charge in [-0.15, -0.1) is 0 Å². The number of carbonyl (C=O) groups is 1. The molecule has 0 bridgehead atoms. The number of amides is 1. The van der Waals surface area contributed by atoms with Crippen LogP contribution in [-0.4, -0.2) is 20.1 Å². The predicted molar refractivity (Wildman–Crippen MR) is 98.6 cm³/mol. The Kier molecular flexibility index (Phi) is 6.51. The molecule has 1 amide bonds. The van der Waals surface area contributed by atoms with Crippen molar-refractivity contribution in [1.82, 2.24) is 0 Å². The number of nitrogens with zero attached hydrogens (tertiary/aromatic N) is 1. The summed E-state index contributed by atoms with van der Waals surface area (Å²) in [6.45, 7) is 0. The summed E-state index contributed by atoms with van der Waals surface area (Å²) in [4.78, 5) is 12.3. The molecule has 130 valence electrons. The molecule has 0 aliphatic heterocycles. The molecule has 0 saturated heterocycles.